The third-order valence-corrected chi connectivity index (χ3v) is 13.3. The first-order chi connectivity index (χ1) is 39.4. The molecule has 7 aromatic rings. The monoisotopic (exact) mass is 1100 g/mol. The molecule has 0 aromatic heterocycles. The molecule has 418 valence electrons. The number of carboxylic acids is 1. The zero-order valence-electron chi connectivity index (χ0n) is 43.4. The van der Waals surface area contributed by atoms with E-state index in [0.717, 1.165) is 35.4 Å². The van der Waals surface area contributed by atoms with Gasteiger partial charge in [0.15, 0.2) is 12.4 Å². The van der Waals surface area contributed by atoms with Crippen LogP contribution in [0.2, 0.25) is 0 Å². The van der Waals surface area contributed by atoms with Crippen molar-refractivity contribution in [2.24, 2.45) is 0 Å². The predicted octanol–water partition coefficient (Wildman–Crippen LogP) is 9.37. The summed E-state index contributed by atoms with van der Waals surface area (Å²) in [5.74, 6) is -6.41. The smallest absolute Gasteiger partial charge is 0.367 e. The van der Waals surface area contributed by atoms with Crippen LogP contribution in [-0.4, -0.2) is 101 Å². The molecule has 2 saturated heterocycles. The Morgan fingerprint density at radius 2 is 0.790 bits per heavy atom. The first-order valence-corrected chi connectivity index (χ1v) is 25.8. The second kappa shape index (κ2) is 27.5. The molecule has 2 heterocycles. The quantitative estimate of drug-likeness (QED) is 0.0301. The summed E-state index contributed by atoms with van der Waals surface area (Å²) >= 11 is 0. The molecule has 9 atom stereocenters. The number of nitro groups is 2. The van der Waals surface area contributed by atoms with Gasteiger partial charge in [-0.2, -0.15) is 0 Å². The lowest BCUT2D eigenvalue weighted by Gasteiger charge is -2.47. The van der Waals surface area contributed by atoms with Gasteiger partial charge < -0.3 is 52.5 Å². The molecule has 0 aliphatic carbocycles. The Morgan fingerprint density at radius 1 is 0.444 bits per heavy atom. The van der Waals surface area contributed by atoms with Gasteiger partial charge in [0.1, 0.15) is 49.8 Å². The lowest BCUT2D eigenvalue weighted by molar-refractivity contribution is -0.385. The number of hydrogen-bond acceptors (Lipinski definition) is 17. The van der Waals surface area contributed by atoms with Gasteiger partial charge in [-0.05, 0) is 52.1 Å². The third-order valence-electron chi connectivity index (χ3n) is 13.3. The van der Waals surface area contributed by atoms with Crippen LogP contribution >= 0.6 is 0 Å². The largest absolute Gasteiger partial charge is 0.477 e. The van der Waals surface area contributed by atoms with E-state index in [-0.39, 0.29) is 55.5 Å². The Hall–Kier alpha value is -8.57. The van der Waals surface area contributed by atoms with Gasteiger partial charge in [-0.3, -0.25) is 20.2 Å². The summed E-state index contributed by atoms with van der Waals surface area (Å²) in [7, 11) is 0. The van der Waals surface area contributed by atoms with E-state index < -0.39 is 95.8 Å². The summed E-state index contributed by atoms with van der Waals surface area (Å²) in [6.07, 6.45) is -11.5. The van der Waals surface area contributed by atoms with Gasteiger partial charge in [0, 0.05) is 24.3 Å². The number of benzene rings is 7. The minimum atomic E-state index is -2.90. The van der Waals surface area contributed by atoms with Crippen molar-refractivity contribution in [2.75, 3.05) is 13.2 Å². The molecule has 81 heavy (non-hydrogen) atoms. The van der Waals surface area contributed by atoms with Crippen LogP contribution < -0.4 is 0 Å². The Kier molecular flexibility index (Phi) is 19.4. The number of nitro benzene ring substituents is 2. The van der Waals surface area contributed by atoms with Crippen LogP contribution in [0.15, 0.2) is 200 Å². The second-order valence-electron chi connectivity index (χ2n) is 18.9. The number of ether oxygens (including phenoxy) is 10. The van der Waals surface area contributed by atoms with E-state index >= 15 is 0 Å². The number of carbonyl (C=O) groups excluding carboxylic acids is 2. The zero-order chi connectivity index (χ0) is 56.6. The standard InChI is InChI=1S/C61H56N2O18/c64-57(46-26-30-48(31-27-46)62(68)69)77-39-50-52(72-34-41-16-6-1-7-17-41)54(74-36-43-20-10-3-11-21-43)55(75-37-44-22-12-4-13-23-44)59(79-50)81-61(60(66)67)56(76-38-45-24-14-5-15-25-45)53(73-35-42-18-8-2-9-19-42)51(80-61)40-78-58(65)47-28-32-49(33-29-47)63(70)71/h1-33,50-56,59H,34-40H2,(H,66,67)/t50-,51-,52-,53-,54+,55-,56+,59-,61-/m1/s1. The maximum atomic E-state index is 14.5. The van der Waals surface area contributed by atoms with E-state index in [0.29, 0.717) is 16.7 Å². The maximum absolute atomic E-state index is 14.5. The number of hydrogen-bond donors (Lipinski definition) is 1. The number of non-ortho nitro benzene ring substituents is 2. The van der Waals surface area contributed by atoms with E-state index in [1.54, 1.807) is 54.6 Å². The highest BCUT2D eigenvalue weighted by molar-refractivity contribution is 5.90. The number of rotatable bonds is 26. The van der Waals surface area contributed by atoms with Gasteiger partial charge in [-0.15, -0.1) is 0 Å². The molecule has 0 amide bonds. The first-order valence-electron chi connectivity index (χ1n) is 25.8. The van der Waals surface area contributed by atoms with Gasteiger partial charge in [-0.25, -0.2) is 14.4 Å². The Morgan fingerprint density at radius 3 is 1.17 bits per heavy atom. The summed E-state index contributed by atoms with van der Waals surface area (Å²) in [6.45, 7) is -1.66. The van der Waals surface area contributed by atoms with Crippen LogP contribution in [-0.2, 0) is 85.2 Å². The highest BCUT2D eigenvalue weighted by atomic mass is 16.8. The zero-order valence-corrected chi connectivity index (χ0v) is 43.4. The normalized spacial score (nSPS) is 22.3. The minimum Gasteiger partial charge on any atom is -0.477 e. The maximum Gasteiger partial charge on any atom is 0.367 e. The number of esters is 2. The van der Waals surface area contributed by atoms with Crippen molar-refractivity contribution < 1.29 is 76.7 Å². The van der Waals surface area contributed by atoms with Crippen molar-refractivity contribution in [1.82, 2.24) is 0 Å². The van der Waals surface area contributed by atoms with Crippen molar-refractivity contribution in [2.45, 2.75) is 87.8 Å². The van der Waals surface area contributed by atoms with Gasteiger partial charge >= 0.3 is 23.7 Å². The Balaban J connectivity index is 1.13. The van der Waals surface area contributed by atoms with Crippen LogP contribution in [0.4, 0.5) is 11.4 Å². The average Bonchev–Trinajstić information content (AvgIpc) is 3.79. The Bertz CT molecular complexity index is 3160. The molecule has 7 aromatic carbocycles. The number of carbonyl (C=O) groups is 3. The van der Waals surface area contributed by atoms with Gasteiger partial charge in [0.2, 0.25) is 0 Å². The molecule has 2 aliphatic heterocycles. The lowest BCUT2D eigenvalue weighted by Crippen LogP contribution is -2.65. The van der Waals surface area contributed by atoms with E-state index in [4.69, 9.17) is 47.4 Å². The number of carboxylic acid groups (broad SMARTS) is 1. The molecule has 0 saturated carbocycles. The molecule has 20 nitrogen and oxygen atoms in total. The van der Waals surface area contributed by atoms with Crippen molar-refractivity contribution in [3.05, 3.63) is 259 Å². The van der Waals surface area contributed by atoms with Crippen molar-refractivity contribution in [3.63, 3.8) is 0 Å². The number of aliphatic carboxylic acids is 1. The highest BCUT2D eigenvalue weighted by Crippen LogP contribution is 2.42. The summed E-state index contributed by atoms with van der Waals surface area (Å²) < 4.78 is 65.6. The molecule has 1 N–H and O–H groups in total. The first kappa shape index (κ1) is 57.1. The average molecular weight is 1110 g/mol. The minimum absolute atomic E-state index is 0.0118. The molecular formula is C61H56N2O18. The fraction of sp³-hybridized carbons (Fsp3) is 0.262. The van der Waals surface area contributed by atoms with Crippen LogP contribution in [0.5, 0.6) is 0 Å². The fourth-order valence-electron chi connectivity index (χ4n) is 9.21. The summed E-state index contributed by atoms with van der Waals surface area (Å²) in [5, 5.41) is 34.7. The van der Waals surface area contributed by atoms with E-state index in [1.165, 1.54) is 24.3 Å². The molecular weight excluding hydrogens is 1050 g/mol. The van der Waals surface area contributed by atoms with Crippen molar-refractivity contribution >= 4 is 29.3 Å². The van der Waals surface area contributed by atoms with E-state index in [1.807, 2.05) is 97.1 Å². The topological polar surface area (TPSA) is 250 Å². The molecule has 0 spiro atoms. The third kappa shape index (κ3) is 14.8. The lowest BCUT2D eigenvalue weighted by atomic mass is 9.97. The predicted molar refractivity (Wildman–Crippen MR) is 287 cm³/mol. The summed E-state index contributed by atoms with van der Waals surface area (Å²) in [4.78, 5) is 63.7. The molecule has 0 radical (unpaired) electrons. The molecule has 2 aliphatic rings. The number of nitrogens with zero attached hydrogens (tertiary/aromatic N) is 2. The van der Waals surface area contributed by atoms with E-state index in [2.05, 4.69) is 0 Å². The molecule has 20 heteroatoms. The van der Waals surface area contributed by atoms with Crippen LogP contribution in [0.3, 0.4) is 0 Å². The summed E-state index contributed by atoms with van der Waals surface area (Å²) in [6, 6.07) is 55.0. The highest BCUT2D eigenvalue weighted by Gasteiger charge is 2.66. The van der Waals surface area contributed by atoms with E-state index in [9.17, 15) is 39.7 Å². The summed E-state index contributed by atoms with van der Waals surface area (Å²) in [5.41, 5.74) is 2.95. The van der Waals surface area contributed by atoms with Gasteiger partial charge in [-0.1, -0.05) is 152 Å². The van der Waals surface area contributed by atoms with Crippen LogP contribution in [0.1, 0.15) is 48.5 Å². The molecule has 2 fully saturated rings. The molecule has 9 rings (SSSR count). The van der Waals surface area contributed by atoms with Crippen molar-refractivity contribution in [3.8, 4) is 0 Å². The van der Waals surface area contributed by atoms with Crippen LogP contribution in [0, 0.1) is 20.2 Å². The molecule has 0 unspecified atom stereocenters. The van der Waals surface area contributed by atoms with Gasteiger partial charge in [0.25, 0.3) is 11.4 Å². The fourth-order valence-corrected chi connectivity index (χ4v) is 9.21. The SMILES string of the molecule is O=C(OC[C@H]1O[C@](O[C@H]2O[C@H](COC(=O)c3ccc([N+](=O)[O-])cc3)[C@@H](OCc3ccccc3)[C@H](OCc3ccccc3)[C@H]2OCc2ccccc2)(C(=O)O)[C@@H](OCc2ccccc2)[C@@H]1OCc1ccccc1)c1ccc([N+](=O)[O-])cc1. The Labute approximate surface area is 464 Å². The van der Waals surface area contributed by atoms with Crippen LogP contribution in [0.25, 0.3) is 0 Å². The van der Waals surface area contributed by atoms with Crippen molar-refractivity contribution in [1.29, 1.82) is 0 Å². The second-order valence-corrected chi connectivity index (χ2v) is 18.9. The molecule has 0 bridgehead atoms. The van der Waals surface area contributed by atoms with Gasteiger partial charge in [0.05, 0.1) is 54.0 Å².